The normalized spacial score (nSPS) is 12.4. The molecule has 1 unspecified atom stereocenters. The monoisotopic (exact) mass is 214 g/mol. The van der Waals surface area contributed by atoms with E-state index < -0.39 is 17.0 Å². The first-order valence-corrected chi connectivity index (χ1v) is 4.80. The Morgan fingerprint density at radius 3 is 2.64 bits per heavy atom. The first-order valence-electron chi connectivity index (χ1n) is 3.72. The van der Waals surface area contributed by atoms with Crippen LogP contribution in [0.5, 0.6) is 0 Å². The first kappa shape index (κ1) is 10.8. The van der Waals surface area contributed by atoms with Crippen molar-refractivity contribution in [2.75, 3.05) is 0 Å². The fraction of sp³-hybridized carbons (Fsp3) is 0.125. The molecule has 0 aromatic heterocycles. The Kier molecular flexibility index (Phi) is 3.34. The van der Waals surface area contributed by atoms with Crippen LogP contribution in [0.25, 0.3) is 0 Å². The highest BCUT2D eigenvalue weighted by molar-refractivity contribution is 7.79. The number of hydrogen-bond acceptors (Lipinski definition) is 4. The lowest BCUT2D eigenvalue weighted by Crippen LogP contribution is -2.10. The van der Waals surface area contributed by atoms with Crippen molar-refractivity contribution in [3.05, 3.63) is 29.3 Å². The minimum atomic E-state index is -2.46. The minimum Gasteiger partial charge on any atom is -0.768 e. The van der Waals surface area contributed by atoms with Crippen LogP contribution in [0.3, 0.4) is 0 Å². The molecular weight excluding hydrogens is 206 g/mol. The second-order valence-corrected chi connectivity index (χ2v) is 3.44. The van der Waals surface area contributed by atoms with Gasteiger partial charge in [0.25, 0.3) is 0 Å². The summed E-state index contributed by atoms with van der Waals surface area (Å²) in [6, 6.07) is 4.01. The van der Waals surface area contributed by atoms with Gasteiger partial charge in [-0.25, -0.2) is 4.79 Å². The van der Waals surface area contributed by atoms with Crippen molar-refractivity contribution in [1.82, 2.24) is 0 Å². The third-order valence-corrected chi connectivity index (χ3v) is 2.49. The number of benzene rings is 1. The van der Waals surface area contributed by atoms with Crippen LogP contribution in [0.2, 0.25) is 0 Å². The lowest BCUT2D eigenvalue weighted by atomic mass is 10.1. The Morgan fingerprint density at radius 1 is 1.57 bits per heavy atom. The summed E-state index contributed by atoms with van der Waals surface area (Å²) in [6.45, 7) is -0.119. The maximum absolute atomic E-state index is 10.7. The Morgan fingerprint density at radius 2 is 2.21 bits per heavy atom. The fourth-order valence-electron chi connectivity index (χ4n) is 1.13. The molecule has 76 valence electrons. The number of hydrogen-bond donors (Lipinski definition) is 2. The van der Waals surface area contributed by atoms with Crippen LogP contribution >= 0.6 is 0 Å². The van der Waals surface area contributed by atoms with E-state index >= 15 is 0 Å². The van der Waals surface area contributed by atoms with Crippen molar-refractivity contribution in [2.24, 2.45) is 5.73 Å². The third kappa shape index (κ3) is 1.98. The molecule has 0 heterocycles. The summed E-state index contributed by atoms with van der Waals surface area (Å²) in [5, 5.41) is 8.75. The highest BCUT2D eigenvalue weighted by Crippen LogP contribution is 2.17. The summed E-state index contributed by atoms with van der Waals surface area (Å²) >= 11 is -2.46. The van der Waals surface area contributed by atoms with Gasteiger partial charge in [0.05, 0.1) is 5.56 Å². The average molecular weight is 214 g/mol. The van der Waals surface area contributed by atoms with E-state index in [1.807, 2.05) is 0 Å². The van der Waals surface area contributed by atoms with Gasteiger partial charge < -0.3 is 15.4 Å². The Bertz CT molecular complexity index is 359. The van der Waals surface area contributed by atoms with Crippen molar-refractivity contribution in [3.63, 3.8) is 0 Å². The van der Waals surface area contributed by atoms with Gasteiger partial charge in [-0.3, -0.25) is 4.21 Å². The molecule has 14 heavy (non-hydrogen) atoms. The Hall–Kier alpha value is -1.24. The van der Waals surface area contributed by atoms with E-state index in [1.54, 1.807) is 0 Å². The van der Waals surface area contributed by atoms with Gasteiger partial charge in [-0.1, -0.05) is 6.07 Å². The number of carbonyl (C=O) groups is 1. The molecule has 0 aliphatic rings. The quantitative estimate of drug-likeness (QED) is 0.693. The molecule has 0 bridgehead atoms. The predicted molar refractivity (Wildman–Crippen MR) is 48.5 cm³/mol. The van der Waals surface area contributed by atoms with Crippen molar-refractivity contribution >= 4 is 17.0 Å². The second kappa shape index (κ2) is 4.32. The number of rotatable bonds is 3. The second-order valence-electron chi connectivity index (χ2n) is 2.53. The van der Waals surface area contributed by atoms with Gasteiger partial charge >= 0.3 is 5.97 Å². The molecule has 0 aliphatic heterocycles. The molecule has 0 saturated heterocycles. The van der Waals surface area contributed by atoms with E-state index in [0.29, 0.717) is 0 Å². The van der Waals surface area contributed by atoms with Crippen molar-refractivity contribution < 1.29 is 18.7 Å². The predicted octanol–water partition coefficient (Wildman–Crippen LogP) is 0.0815. The Labute approximate surface area is 82.8 Å². The lowest BCUT2D eigenvalue weighted by Gasteiger charge is -2.12. The molecule has 3 N–H and O–H groups in total. The van der Waals surface area contributed by atoms with Crippen LogP contribution in [0.15, 0.2) is 23.1 Å². The number of carboxylic acid groups (broad SMARTS) is 1. The molecule has 0 fully saturated rings. The van der Waals surface area contributed by atoms with Crippen LogP contribution in [-0.4, -0.2) is 19.8 Å². The van der Waals surface area contributed by atoms with Crippen molar-refractivity contribution in [3.8, 4) is 0 Å². The van der Waals surface area contributed by atoms with Crippen molar-refractivity contribution in [2.45, 2.75) is 11.4 Å². The van der Waals surface area contributed by atoms with E-state index in [4.69, 9.17) is 10.8 Å². The smallest absolute Gasteiger partial charge is 0.336 e. The van der Waals surface area contributed by atoms with Gasteiger partial charge in [0.2, 0.25) is 0 Å². The molecule has 1 aromatic rings. The molecule has 0 aliphatic carbocycles. The van der Waals surface area contributed by atoms with Crippen LogP contribution in [0.4, 0.5) is 0 Å². The van der Waals surface area contributed by atoms with Gasteiger partial charge in [0.1, 0.15) is 0 Å². The lowest BCUT2D eigenvalue weighted by molar-refractivity contribution is 0.0695. The van der Waals surface area contributed by atoms with E-state index in [-0.39, 0.29) is 22.6 Å². The van der Waals surface area contributed by atoms with Gasteiger partial charge in [-0.2, -0.15) is 0 Å². The van der Waals surface area contributed by atoms with Crippen LogP contribution in [-0.2, 0) is 17.6 Å². The summed E-state index contributed by atoms with van der Waals surface area (Å²) in [4.78, 5) is 10.6. The highest BCUT2D eigenvalue weighted by atomic mass is 32.2. The summed E-state index contributed by atoms with van der Waals surface area (Å²) in [6.07, 6.45) is 0. The molecule has 0 spiro atoms. The zero-order chi connectivity index (χ0) is 10.7. The molecular formula is C8H8NO4S-. The number of nitrogens with two attached hydrogens (primary N) is 1. The van der Waals surface area contributed by atoms with Gasteiger partial charge in [0, 0.05) is 11.4 Å². The summed E-state index contributed by atoms with van der Waals surface area (Å²) in [5.74, 6) is -1.18. The summed E-state index contributed by atoms with van der Waals surface area (Å²) < 4.78 is 21.4. The van der Waals surface area contributed by atoms with E-state index in [1.165, 1.54) is 18.2 Å². The number of carboxylic acids is 1. The maximum atomic E-state index is 10.7. The topological polar surface area (TPSA) is 103 Å². The summed E-state index contributed by atoms with van der Waals surface area (Å²) in [7, 11) is 0. The molecule has 0 amide bonds. The van der Waals surface area contributed by atoms with Gasteiger partial charge in [-0.05, 0) is 28.8 Å². The number of aromatic carboxylic acids is 1. The zero-order valence-electron chi connectivity index (χ0n) is 7.10. The highest BCUT2D eigenvalue weighted by Gasteiger charge is 2.12. The first-order chi connectivity index (χ1) is 6.57. The molecule has 6 heteroatoms. The molecule has 0 radical (unpaired) electrons. The standard InChI is InChI=1S/C8H9NO4S/c9-4-6-5(8(10)11)2-1-3-7(6)14(12)13/h1-3H,4,9H2,(H,10,11)(H,12,13)/p-1. The molecule has 1 rings (SSSR count). The molecule has 0 saturated carbocycles. The van der Waals surface area contributed by atoms with Crippen LogP contribution in [0.1, 0.15) is 15.9 Å². The molecule has 5 nitrogen and oxygen atoms in total. The third-order valence-electron chi connectivity index (χ3n) is 1.75. The van der Waals surface area contributed by atoms with E-state index in [9.17, 15) is 13.6 Å². The Balaban J connectivity index is 3.39. The maximum Gasteiger partial charge on any atom is 0.336 e. The van der Waals surface area contributed by atoms with Crippen molar-refractivity contribution in [1.29, 1.82) is 0 Å². The molecule has 1 aromatic carbocycles. The van der Waals surface area contributed by atoms with Gasteiger partial charge in [-0.15, -0.1) is 0 Å². The van der Waals surface area contributed by atoms with Crippen LogP contribution in [0, 0.1) is 0 Å². The van der Waals surface area contributed by atoms with Crippen LogP contribution < -0.4 is 5.73 Å². The van der Waals surface area contributed by atoms with E-state index in [0.717, 1.165) is 0 Å². The average Bonchev–Trinajstić information content (AvgIpc) is 2.16. The van der Waals surface area contributed by atoms with E-state index in [2.05, 4.69) is 0 Å². The zero-order valence-corrected chi connectivity index (χ0v) is 7.91. The minimum absolute atomic E-state index is 0.0626. The largest absolute Gasteiger partial charge is 0.768 e. The molecule has 1 atom stereocenters. The SMILES string of the molecule is NCc1c(C(=O)O)cccc1S(=O)[O-]. The summed E-state index contributed by atoms with van der Waals surface area (Å²) in [5.41, 5.74) is 5.35. The fourth-order valence-corrected chi connectivity index (χ4v) is 1.72. The van der Waals surface area contributed by atoms with Gasteiger partial charge in [0.15, 0.2) is 0 Å².